The SMILES string of the molecule is C#CCN(CC1CC1)c1ncncc1Br. The Morgan fingerprint density at radius 1 is 1.60 bits per heavy atom. The van der Waals surface area contributed by atoms with Gasteiger partial charge in [0.15, 0.2) is 0 Å². The number of hydrogen-bond donors (Lipinski definition) is 0. The van der Waals surface area contributed by atoms with Crippen LogP contribution in [0.1, 0.15) is 12.8 Å². The van der Waals surface area contributed by atoms with E-state index in [4.69, 9.17) is 6.42 Å². The molecule has 78 valence electrons. The Hall–Kier alpha value is -1.08. The van der Waals surface area contributed by atoms with Crippen molar-refractivity contribution >= 4 is 21.7 Å². The third kappa shape index (κ3) is 2.69. The lowest BCUT2D eigenvalue weighted by Crippen LogP contribution is -2.27. The van der Waals surface area contributed by atoms with E-state index in [1.807, 2.05) is 0 Å². The molecule has 1 aromatic rings. The molecule has 0 radical (unpaired) electrons. The van der Waals surface area contributed by atoms with Crippen molar-refractivity contribution in [3.8, 4) is 12.3 Å². The van der Waals surface area contributed by atoms with Crippen molar-refractivity contribution < 1.29 is 0 Å². The topological polar surface area (TPSA) is 29.0 Å². The van der Waals surface area contributed by atoms with Gasteiger partial charge in [-0.05, 0) is 34.7 Å². The molecule has 3 nitrogen and oxygen atoms in total. The first-order valence-electron chi connectivity index (χ1n) is 4.95. The van der Waals surface area contributed by atoms with Gasteiger partial charge in [-0.3, -0.25) is 0 Å². The minimum absolute atomic E-state index is 0.603. The van der Waals surface area contributed by atoms with Crippen LogP contribution in [0.15, 0.2) is 17.0 Å². The zero-order valence-electron chi connectivity index (χ0n) is 8.36. The number of aromatic nitrogens is 2. The number of halogens is 1. The van der Waals surface area contributed by atoms with Crippen LogP contribution in [0.25, 0.3) is 0 Å². The van der Waals surface area contributed by atoms with Crippen LogP contribution in [-0.2, 0) is 0 Å². The van der Waals surface area contributed by atoms with Crippen molar-refractivity contribution in [2.45, 2.75) is 12.8 Å². The van der Waals surface area contributed by atoms with Crippen molar-refractivity contribution in [2.75, 3.05) is 18.0 Å². The summed E-state index contributed by atoms with van der Waals surface area (Å²) in [4.78, 5) is 10.3. The van der Waals surface area contributed by atoms with Crippen molar-refractivity contribution in [3.05, 3.63) is 17.0 Å². The van der Waals surface area contributed by atoms with Gasteiger partial charge < -0.3 is 4.90 Å². The Morgan fingerprint density at radius 2 is 2.40 bits per heavy atom. The summed E-state index contributed by atoms with van der Waals surface area (Å²) in [5.41, 5.74) is 0. The fraction of sp³-hybridized carbons (Fsp3) is 0.455. The third-order valence-electron chi connectivity index (χ3n) is 2.41. The van der Waals surface area contributed by atoms with Crippen LogP contribution < -0.4 is 4.90 Å². The van der Waals surface area contributed by atoms with Gasteiger partial charge in [0.05, 0.1) is 11.0 Å². The maximum absolute atomic E-state index is 5.36. The molecule has 0 atom stereocenters. The van der Waals surface area contributed by atoms with Crippen LogP contribution in [0.2, 0.25) is 0 Å². The fourth-order valence-electron chi connectivity index (χ4n) is 1.49. The molecule has 1 aromatic heterocycles. The number of terminal acetylenes is 1. The zero-order chi connectivity index (χ0) is 10.7. The van der Waals surface area contributed by atoms with Crippen molar-refractivity contribution in [1.29, 1.82) is 0 Å². The molecular formula is C11H12BrN3. The molecule has 2 rings (SSSR count). The van der Waals surface area contributed by atoms with Crippen molar-refractivity contribution in [3.63, 3.8) is 0 Å². The van der Waals surface area contributed by atoms with Crippen LogP contribution in [-0.4, -0.2) is 23.1 Å². The molecule has 4 heteroatoms. The van der Waals surface area contributed by atoms with Crippen molar-refractivity contribution in [1.82, 2.24) is 9.97 Å². The van der Waals surface area contributed by atoms with E-state index in [1.54, 1.807) is 12.5 Å². The van der Waals surface area contributed by atoms with E-state index in [9.17, 15) is 0 Å². The minimum atomic E-state index is 0.603. The highest BCUT2D eigenvalue weighted by Gasteiger charge is 2.25. The molecule has 0 unspecified atom stereocenters. The van der Waals surface area contributed by atoms with Crippen LogP contribution in [0.3, 0.4) is 0 Å². The van der Waals surface area contributed by atoms with E-state index in [2.05, 4.69) is 36.7 Å². The van der Waals surface area contributed by atoms with Gasteiger partial charge in [0, 0.05) is 12.7 Å². The summed E-state index contributed by atoms with van der Waals surface area (Å²) < 4.78 is 0.904. The standard InChI is InChI=1S/C11H12BrN3/c1-2-5-15(7-9-3-4-9)11-10(12)6-13-8-14-11/h1,6,8-9H,3-5,7H2. The lowest BCUT2D eigenvalue weighted by molar-refractivity contribution is 0.751. The second kappa shape index (κ2) is 4.63. The number of hydrogen-bond acceptors (Lipinski definition) is 3. The van der Waals surface area contributed by atoms with Gasteiger partial charge in [0.2, 0.25) is 0 Å². The average molecular weight is 266 g/mol. The smallest absolute Gasteiger partial charge is 0.147 e. The first kappa shape index (κ1) is 10.4. The second-order valence-electron chi connectivity index (χ2n) is 3.72. The first-order chi connectivity index (χ1) is 7.31. The van der Waals surface area contributed by atoms with Crippen LogP contribution >= 0.6 is 15.9 Å². The van der Waals surface area contributed by atoms with E-state index >= 15 is 0 Å². The highest BCUT2D eigenvalue weighted by atomic mass is 79.9. The van der Waals surface area contributed by atoms with Gasteiger partial charge in [0.25, 0.3) is 0 Å². The van der Waals surface area contributed by atoms with E-state index in [-0.39, 0.29) is 0 Å². The summed E-state index contributed by atoms with van der Waals surface area (Å²) in [6.45, 7) is 1.60. The third-order valence-corrected chi connectivity index (χ3v) is 2.96. The average Bonchev–Trinajstić information content (AvgIpc) is 3.02. The van der Waals surface area contributed by atoms with Gasteiger partial charge in [-0.1, -0.05) is 5.92 Å². The Labute approximate surface area is 98.0 Å². The lowest BCUT2D eigenvalue weighted by Gasteiger charge is -2.21. The van der Waals surface area contributed by atoms with E-state index in [0.717, 1.165) is 22.8 Å². The minimum Gasteiger partial charge on any atom is -0.344 e. The Morgan fingerprint density at radius 3 is 3.00 bits per heavy atom. The molecule has 15 heavy (non-hydrogen) atoms. The molecule has 0 bridgehead atoms. The summed E-state index contributed by atoms with van der Waals surface area (Å²) in [6, 6.07) is 0. The van der Waals surface area contributed by atoms with Crippen LogP contribution in [0, 0.1) is 18.3 Å². The highest BCUT2D eigenvalue weighted by Crippen LogP contribution is 2.32. The maximum atomic E-state index is 5.36. The molecule has 0 amide bonds. The van der Waals surface area contributed by atoms with Gasteiger partial charge in [-0.2, -0.15) is 0 Å². The van der Waals surface area contributed by atoms with E-state index in [1.165, 1.54) is 12.8 Å². The first-order valence-corrected chi connectivity index (χ1v) is 5.74. The predicted octanol–water partition coefficient (Wildman–Crippen LogP) is 2.09. The summed E-state index contributed by atoms with van der Waals surface area (Å²) >= 11 is 3.44. The zero-order valence-corrected chi connectivity index (χ0v) is 9.94. The van der Waals surface area contributed by atoms with E-state index < -0.39 is 0 Å². The molecule has 0 aromatic carbocycles. The Bertz CT molecular complexity index is 382. The molecule has 1 heterocycles. The molecule has 1 aliphatic rings. The molecule has 1 fully saturated rings. The molecule has 1 aliphatic carbocycles. The normalized spacial score (nSPS) is 14.7. The fourth-order valence-corrected chi connectivity index (χ4v) is 1.96. The summed E-state index contributed by atoms with van der Waals surface area (Å²) in [6.07, 6.45) is 11.3. The number of rotatable bonds is 4. The molecule has 0 spiro atoms. The number of nitrogens with zero attached hydrogens (tertiary/aromatic N) is 3. The van der Waals surface area contributed by atoms with Gasteiger partial charge in [-0.15, -0.1) is 6.42 Å². The summed E-state index contributed by atoms with van der Waals surface area (Å²) in [5, 5.41) is 0. The van der Waals surface area contributed by atoms with Gasteiger partial charge in [0.1, 0.15) is 12.1 Å². The quantitative estimate of drug-likeness (QED) is 0.781. The van der Waals surface area contributed by atoms with Gasteiger partial charge in [-0.25, -0.2) is 9.97 Å². The largest absolute Gasteiger partial charge is 0.344 e. The molecule has 1 saturated carbocycles. The Kier molecular flexibility index (Phi) is 3.22. The molecule has 0 aliphatic heterocycles. The summed E-state index contributed by atoms with van der Waals surface area (Å²) in [5.74, 6) is 4.36. The van der Waals surface area contributed by atoms with Crippen LogP contribution in [0.5, 0.6) is 0 Å². The highest BCUT2D eigenvalue weighted by molar-refractivity contribution is 9.10. The molecular weight excluding hydrogens is 254 g/mol. The van der Waals surface area contributed by atoms with Gasteiger partial charge >= 0.3 is 0 Å². The molecule has 0 N–H and O–H groups in total. The predicted molar refractivity (Wildman–Crippen MR) is 63.5 cm³/mol. The van der Waals surface area contributed by atoms with Crippen LogP contribution in [0.4, 0.5) is 5.82 Å². The molecule has 0 saturated heterocycles. The van der Waals surface area contributed by atoms with Crippen molar-refractivity contribution in [2.24, 2.45) is 5.92 Å². The Balaban J connectivity index is 2.15. The number of anilines is 1. The lowest BCUT2D eigenvalue weighted by atomic mass is 10.3. The maximum Gasteiger partial charge on any atom is 0.147 e. The second-order valence-corrected chi connectivity index (χ2v) is 4.58. The summed E-state index contributed by atoms with van der Waals surface area (Å²) in [7, 11) is 0. The van der Waals surface area contributed by atoms with E-state index in [0.29, 0.717) is 6.54 Å². The monoisotopic (exact) mass is 265 g/mol.